The van der Waals surface area contributed by atoms with Gasteiger partial charge >= 0.3 is 12.0 Å². The van der Waals surface area contributed by atoms with Crippen molar-refractivity contribution in [1.82, 2.24) is 9.88 Å². The maximum atomic E-state index is 13.2. The van der Waals surface area contributed by atoms with Crippen molar-refractivity contribution in [3.05, 3.63) is 86.8 Å². The van der Waals surface area contributed by atoms with E-state index in [9.17, 15) is 24.6 Å². The third-order valence-corrected chi connectivity index (χ3v) is 5.86. The molecule has 1 atom stereocenters. The SMILES string of the molecule is CCCc1cn(Cc2ccc(Cl)cc2)c(=O)c(NC(=O)N[C@@H](CC(=O)O)c2cccc(OCC)c2)c1O. The lowest BCUT2D eigenvalue weighted by molar-refractivity contribution is -0.137. The molecule has 0 aliphatic carbocycles. The predicted molar refractivity (Wildman–Crippen MR) is 142 cm³/mol. The topological polar surface area (TPSA) is 130 Å². The number of pyridine rings is 1. The summed E-state index contributed by atoms with van der Waals surface area (Å²) in [7, 11) is 0. The quantitative estimate of drug-likeness (QED) is 0.279. The van der Waals surface area contributed by atoms with Crippen LogP contribution in [0.4, 0.5) is 10.5 Å². The van der Waals surface area contributed by atoms with Gasteiger partial charge in [0, 0.05) is 16.8 Å². The van der Waals surface area contributed by atoms with E-state index in [2.05, 4.69) is 10.6 Å². The van der Waals surface area contributed by atoms with Crippen molar-refractivity contribution in [2.45, 2.75) is 45.7 Å². The van der Waals surface area contributed by atoms with Gasteiger partial charge in [0.25, 0.3) is 5.56 Å². The zero-order valence-corrected chi connectivity index (χ0v) is 21.4. The smallest absolute Gasteiger partial charge is 0.319 e. The number of anilines is 1. The summed E-state index contributed by atoms with van der Waals surface area (Å²) in [6.45, 7) is 4.39. The number of benzene rings is 2. The summed E-state index contributed by atoms with van der Waals surface area (Å²) < 4.78 is 6.88. The molecule has 196 valence electrons. The van der Waals surface area contributed by atoms with Crippen LogP contribution in [0.5, 0.6) is 11.5 Å². The zero-order chi connectivity index (χ0) is 26.9. The Hall–Kier alpha value is -3.98. The highest BCUT2D eigenvalue weighted by Gasteiger charge is 2.22. The molecule has 10 heteroatoms. The number of halogens is 1. The highest BCUT2D eigenvalue weighted by Crippen LogP contribution is 2.27. The zero-order valence-electron chi connectivity index (χ0n) is 20.7. The Labute approximate surface area is 219 Å². The normalized spacial score (nSPS) is 11.5. The first-order valence-corrected chi connectivity index (χ1v) is 12.3. The lowest BCUT2D eigenvalue weighted by Gasteiger charge is -2.20. The van der Waals surface area contributed by atoms with Crippen LogP contribution in [0.2, 0.25) is 5.02 Å². The van der Waals surface area contributed by atoms with E-state index in [4.69, 9.17) is 16.3 Å². The Kier molecular flexibility index (Phi) is 9.57. The van der Waals surface area contributed by atoms with Crippen molar-refractivity contribution in [2.75, 3.05) is 11.9 Å². The number of urea groups is 1. The minimum atomic E-state index is -1.12. The number of carboxylic acid groups (broad SMARTS) is 1. The molecule has 0 bridgehead atoms. The van der Waals surface area contributed by atoms with Gasteiger partial charge in [-0.2, -0.15) is 0 Å². The van der Waals surface area contributed by atoms with Gasteiger partial charge in [0.05, 0.1) is 25.6 Å². The molecule has 0 unspecified atom stereocenters. The second kappa shape index (κ2) is 12.8. The number of nitrogens with zero attached hydrogens (tertiary/aromatic N) is 1. The van der Waals surface area contributed by atoms with Gasteiger partial charge < -0.3 is 30.2 Å². The Morgan fingerprint density at radius 1 is 1.14 bits per heavy atom. The Balaban J connectivity index is 1.90. The van der Waals surface area contributed by atoms with Crippen LogP contribution in [0, 0.1) is 0 Å². The molecule has 2 aromatic carbocycles. The van der Waals surface area contributed by atoms with Crippen LogP contribution < -0.4 is 20.9 Å². The van der Waals surface area contributed by atoms with Crippen molar-refractivity contribution in [1.29, 1.82) is 0 Å². The molecule has 0 saturated carbocycles. The number of carbonyl (C=O) groups excluding carboxylic acids is 1. The van der Waals surface area contributed by atoms with E-state index in [1.165, 1.54) is 4.57 Å². The number of aliphatic carboxylic acids is 1. The molecule has 1 heterocycles. The van der Waals surface area contributed by atoms with Crippen LogP contribution >= 0.6 is 11.6 Å². The van der Waals surface area contributed by atoms with Gasteiger partial charge in [-0.05, 0) is 48.7 Å². The molecule has 3 rings (SSSR count). The lowest BCUT2D eigenvalue weighted by atomic mass is 10.0. The number of hydrogen-bond acceptors (Lipinski definition) is 5. The van der Waals surface area contributed by atoms with Gasteiger partial charge in [-0.25, -0.2) is 4.79 Å². The molecule has 4 N–H and O–H groups in total. The highest BCUT2D eigenvalue weighted by atomic mass is 35.5. The molecule has 0 fully saturated rings. The van der Waals surface area contributed by atoms with E-state index in [0.29, 0.717) is 41.3 Å². The number of carboxylic acids is 1. The number of aromatic nitrogens is 1. The molecular formula is C27H30ClN3O6. The molecule has 0 aliphatic rings. The van der Waals surface area contributed by atoms with Crippen molar-refractivity contribution in [3.63, 3.8) is 0 Å². The first-order chi connectivity index (χ1) is 17.7. The van der Waals surface area contributed by atoms with E-state index in [1.807, 2.05) is 13.8 Å². The summed E-state index contributed by atoms with van der Waals surface area (Å²) in [6, 6.07) is 12.0. The van der Waals surface area contributed by atoms with Crippen LogP contribution in [0.15, 0.2) is 59.5 Å². The van der Waals surface area contributed by atoms with Crippen LogP contribution in [0.25, 0.3) is 0 Å². The second-order valence-electron chi connectivity index (χ2n) is 8.44. The number of rotatable bonds is 11. The van der Waals surface area contributed by atoms with Gasteiger partial charge in [-0.15, -0.1) is 0 Å². The number of carbonyl (C=O) groups is 2. The Morgan fingerprint density at radius 3 is 2.51 bits per heavy atom. The summed E-state index contributed by atoms with van der Waals surface area (Å²) in [5.74, 6) is -0.902. The van der Waals surface area contributed by atoms with Gasteiger partial charge in [-0.1, -0.05) is 49.2 Å². The molecule has 3 aromatic rings. The maximum Gasteiger partial charge on any atom is 0.319 e. The molecule has 1 aromatic heterocycles. The van der Waals surface area contributed by atoms with Crippen molar-refractivity contribution < 1.29 is 24.5 Å². The number of nitrogens with one attached hydrogen (secondary N) is 2. The molecule has 9 nitrogen and oxygen atoms in total. The highest BCUT2D eigenvalue weighted by molar-refractivity contribution is 6.30. The molecule has 37 heavy (non-hydrogen) atoms. The van der Waals surface area contributed by atoms with Crippen molar-refractivity contribution >= 4 is 29.3 Å². The number of ether oxygens (including phenoxy) is 1. The van der Waals surface area contributed by atoms with E-state index in [1.54, 1.807) is 54.7 Å². The summed E-state index contributed by atoms with van der Waals surface area (Å²) >= 11 is 5.96. The third kappa shape index (κ3) is 7.50. The molecule has 2 amide bonds. The van der Waals surface area contributed by atoms with Gasteiger partial charge in [-0.3, -0.25) is 9.59 Å². The van der Waals surface area contributed by atoms with E-state index >= 15 is 0 Å². The van der Waals surface area contributed by atoms with Crippen molar-refractivity contribution in [2.24, 2.45) is 0 Å². The Morgan fingerprint density at radius 2 is 1.86 bits per heavy atom. The molecule has 0 spiro atoms. The maximum absolute atomic E-state index is 13.2. The average molecular weight is 528 g/mol. The summed E-state index contributed by atoms with van der Waals surface area (Å²) in [4.78, 5) is 37.7. The summed E-state index contributed by atoms with van der Waals surface area (Å²) in [5.41, 5.74) is 0.946. The fourth-order valence-corrected chi connectivity index (χ4v) is 4.03. The van der Waals surface area contributed by atoms with Gasteiger partial charge in [0.1, 0.15) is 11.5 Å². The van der Waals surface area contributed by atoms with Gasteiger partial charge in [0.15, 0.2) is 5.69 Å². The minimum absolute atomic E-state index is 0.204. The standard InChI is InChI=1S/C27H30ClN3O6/c1-3-6-19-16-31(15-17-9-11-20(28)12-10-17)26(35)24(25(19)34)30-27(36)29-22(14-23(32)33)18-7-5-8-21(13-18)37-4-2/h5,7-13,16,22,34H,3-4,6,14-15H2,1-2H3,(H,32,33)(H2,29,30,36)/t22-/m0/s1. The van der Waals surface area contributed by atoms with E-state index in [-0.39, 0.29) is 18.0 Å². The fraction of sp³-hybridized carbons (Fsp3) is 0.296. The molecule has 0 aliphatic heterocycles. The van der Waals surface area contributed by atoms with Crippen LogP contribution in [-0.4, -0.2) is 33.4 Å². The van der Waals surface area contributed by atoms with Crippen molar-refractivity contribution in [3.8, 4) is 11.5 Å². The van der Waals surface area contributed by atoms with Gasteiger partial charge in [0.2, 0.25) is 0 Å². The number of amides is 2. The largest absolute Gasteiger partial charge is 0.505 e. The summed E-state index contributed by atoms with van der Waals surface area (Å²) in [6.07, 6.45) is 2.36. The lowest BCUT2D eigenvalue weighted by Crippen LogP contribution is -2.36. The average Bonchev–Trinajstić information content (AvgIpc) is 2.86. The molecular weight excluding hydrogens is 498 g/mol. The monoisotopic (exact) mass is 527 g/mol. The van der Waals surface area contributed by atoms with Crippen LogP contribution in [-0.2, 0) is 17.8 Å². The third-order valence-electron chi connectivity index (χ3n) is 5.61. The van der Waals surface area contributed by atoms with Crippen LogP contribution in [0.1, 0.15) is 49.4 Å². The number of aromatic hydroxyl groups is 1. The molecule has 0 radical (unpaired) electrons. The Bertz CT molecular complexity index is 1310. The fourth-order valence-electron chi connectivity index (χ4n) is 3.90. The molecule has 0 saturated heterocycles. The van der Waals surface area contributed by atoms with E-state index < -0.39 is 30.0 Å². The summed E-state index contributed by atoms with van der Waals surface area (Å²) in [5, 5.41) is 25.8. The van der Waals surface area contributed by atoms with Crippen LogP contribution in [0.3, 0.4) is 0 Å². The number of hydrogen-bond donors (Lipinski definition) is 4. The number of aryl methyl sites for hydroxylation is 1. The van der Waals surface area contributed by atoms with E-state index in [0.717, 1.165) is 5.56 Å². The first kappa shape index (κ1) is 27.6. The first-order valence-electron chi connectivity index (χ1n) is 11.9. The minimum Gasteiger partial charge on any atom is -0.505 e. The second-order valence-corrected chi connectivity index (χ2v) is 8.88. The predicted octanol–water partition coefficient (Wildman–Crippen LogP) is 4.94.